The van der Waals surface area contributed by atoms with Crippen LogP contribution in [0.5, 0.6) is 0 Å². The van der Waals surface area contributed by atoms with Crippen molar-refractivity contribution >= 4 is 0 Å². The van der Waals surface area contributed by atoms with Crippen molar-refractivity contribution in [2.45, 2.75) is 25.3 Å². The predicted molar refractivity (Wildman–Crippen MR) is 55.0 cm³/mol. The highest BCUT2D eigenvalue weighted by atomic mass is 16.5. The summed E-state index contributed by atoms with van der Waals surface area (Å²) in [5, 5.41) is 3.61. The zero-order valence-corrected chi connectivity index (χ0v) is 9.10. The third-order valence-corrected chi connectivity index (χ3v) is 2.71. The van der Waals surface area contributed by atoms with Gasteiger partial charge in [0.05, 0.1) is 0 Å². The number of nitrogens with one attached hydrogen (secondary N) is 1. The van der Waals surface area contributed by atoms with Crippen molar-refractivity contribution in [2.24, 2.45) is 0 Å². The van der Waals surface area contributed by atoms with Crippen LogP contribution in [0, 0.1) is 0 Å². The van der Waals surface area contributed by atoms with Gasteiger partial charge in [0.15, 0.2) is 0 Å². The SMILES string of the molecule is CN(C)CCNC1(C)CCOCC1. The summed E-state index contributed by atoms with van der Waals surface area (Å²) in [5.41, 5.74) is 0.314. The van der Waals surface area contributed by atoms with Gasteiger partial charge in [-0.05, 0) is 33.9 Å². The van der Waals surface area contributed by atoms with Gasteiger partial charge < -0.3 is 15.0 Å². The number of hydrogen-bond donors (Lipinski definition) is 1. The molecule has 1 N–H and O–H groups in total. The second-order valence-electron chi connectivity index (χ2n) is 4.40. The maximum absolute atomic E-state index is 5.34. The van der Waals surface area contributed by atoms with Crippen molar-refractivity contribution in [1.29, 1.82) is 0 Å². The quantitative estimate of drug-likeness (QED) is 0.699. The van der Waals surface area contributed by atoms with E-state index in [1.54, 1.807) is 0 Å². The third-order valence-electron chi connectivity index (χ3n) is 2.71. The zero-order valence-electron chi connectivity index (χ0n) is 9.10. The minimum Gasteiger partial charge on any atom is -0.381 e. The summed E-state index contributed by atoms with van der Waals surface area (Å²) < 4.78 is 5.34. The van der Waals surface area contributed by atoms with Crippen molar-refractivity contribution < 1.29 is 4.74 Å². The monoisotopic (exact) mass is 186 g/mol. The number of rotatable bonds is 4. The van der Waals surface area contributed by atoms with Crippen LogP contribution in [-0.2, 0) is 4.74 Å². The smallest absolute Gasteiger partial charge is 0.0483 e. The first kappa shape index (κ1) is 11.0. The number of likely N-dealkylation sites (N-methyl/N-ethyl adjacent to an activating group) is 1. The molecule has 3 nitrogen and oxygen atoms in total. The van der Waals surface area contributed by atoms with Crippen molar-refractivity contribution in [2.75, 3.05) is 40.4 Å². The van der Waals surface area contributed by atoms with Gasteiger partial charge in [-0.1, -0.05) is 0 Å². The van der Waals surface area contributed by atoms with Crippen molar-refractivity contribution in [1.82, 2.24) is 10.2 Å². The number of ether oxygens (including phenoxy) is 1. The molecule has 1 rings (SSSR count). The topological polar surface area (TPSA) is 24.5 Å². The molecule has 1 aliphatic heterocycles. The van der Waals surface area contributed by atoms with E-state index < -0.39 is 0 Å². The molecule has 3 heteroatoms. The summed E-state index contributed by atoms with van der Waals surface area (Å²) in [5.74, 6) is 0. The van der Waals surface area contributed by atoms with Gasteiger partial charge in [0, 0.05) is 31.8 Å². The van der Waals surface area contributed by atoms with Gasteiger partial charge >= 0.3 is 0 Å². The van der Waals surface area contributed by atoms with Crippen LogP contribution in [0.3, 0.4) is 0 Å². The van der Waals surface area contributed by atoms with Crippen LogP contribution in [-0.4, -0.2) is 50.8 Å². The maximum atomic E-state index is 5.34. The summed E-state index contributed by atoms with van der Waals surface area (Å²) in [4.78, 5) is 2.20. The molecular weight excluding hydrogens is 164 g/mol. The van der Waals surface area contributed by atoms with Gasteiger partial charge in [-0.3, -0.25) is 0 Å². The Bertz CT molecular complexity index is 142. The lowest BCUT2D eigenvalue weighted by molar-refractivity contribution is 0.0449. The Balaban J connectivity index is 2.17. The predicted octanol–water partition coefficient (Wildman–Crippen LogP) is 0.707. The Hall–Kier alpha value is -0.120. The molecule has 0 spiro atoms. The molecule has 1 aliphatic rings. The summed E-state index contributed by atoms with van der Waals surface area (Å²) in [6, 6.07) is 0. The molecule has 0 saturated carbocycles. The normalized spacial score (nSPS) is 22.2. The molecule has 78 valence electrons. The van der Waals surface area contributed by atoms with E-state index in [9.17, 15) is 0 Å². The van der Waals surface area contributed by atoms with E-state index in [2.05, 4.69) is 31.2 Å². The number of nitrogens with zero attached hydrogens (tertiary/aromatic N) is 1. The highest BCUT2D eigenvalue weighted by molar-refractivity contribution is 4.85. The molecule has 0 aromatic rings. The van der Waals surface area contributed by atoms with Gasteiger partial charge in [0.25, 0.3) is 0 Å². The minimum absolute atomic E-state index is 0.314. The molecule has 1 fully saturated rings. The molecular formula is C10H22N2O. The van der Waals surface area contributed by atoms with Crippen LogP contribution in [0.15, 0.2) is 0 Å². The number of hydrogen-bond acceptors (Lipinski definition) is 3. The Morgan fingerprint density at radius 3 is 2.46 bits per heavy atom. The molecule has 0 aliphatic carbocycles. The fraction of sp³-hybridized carbons (Fsp3) is 1.00. The third kappa shape index (κ3) is 4.07. The first-order valence-electron chi connectivity index (χ1n) is 5.10. The summed E-state index contributed by atoms with van der Waals surface area (Å²) in [7, 11) is 4.21. The van der Waals surface area contributed by atoms with Gasteiger partial charge in [0.2, 0.25) is 0 Å². The fourth-order valence-electron chi connectivity index (χ4n) is 1.58. The molecule has 0 radical (unpaired) electrons. The van der Waals surface area contributed by atoms with Crippen molar-refractivity contribution in [3.05, 3.63) is 0 Å². The molecule has 0 atom stereocenters. The maximum Gasteiger partial charge on any atom is 0.0483 e. The average Bonchev–Trinajstić information content (AvgIpc) is 2.04. The first-order valence-corrected chi connectivity index (χ1v) is 5.10. The Labute approximate surface area is 81.4 Å². The highest BCUT2D eigenvalue weighted by Gasteiger charge is 2.25. The van der Waals surface area contributed by atoms with E-state index in [0.29, 0.717) is 5.54 Å². The van der Waals surface area contributed by atoms with Gasteiger partial charge in [-0.2, -0.15) is 0 Å². The molecule has 0 amide bonds. The average molecular weight is 186 g/mol. The van der Waals surface area contributed by atoms with Crippen LogP contribution >= 0.6 is 0 Å². The lowest BCUT2D eigenvalue weighted by atomic mass is 9.92. The van der Waals surface area contributed by atoms with E-state index in [0.717, 1.165) is 39.1 Å². The lowest BCUT2D eigenvalue weighted by Crippen LogP contribution is -2.48. The van der Waals surface area contributed by atoms with Gasteiger partial charge in [-0.15, -0.1) is 0 Å². The van der Waals surface area contributed by atoms with Gasteiger partial charge in [0.1, 0.15) is 0 Å². The van der Waals surface area contributed by atoms with E-state index >= 15 is 0 Å². The standard InChI is InChI=1S/C10H22N2O/c1-10(4-8-13-9-5-10)11-6-7-12(2)3/h11H,4-9H2,1-3H3. The second-order valence-corrected chi connectivity index (χ2v) is 4.40. The largest absolute Gasteiger partial charge is 0.381 e. The Morgan fingerprint density at radius 2 is 1.92 bits per heavy atom. The molecule has 0 aromatic heterocycles. The lowest BCUT2D eigenvalue weighted by Gasteiger charge is -2.35. The van der Waals surface area contributed by atoms with Crippen molar-refractivity contribution in [3.8, 4) is 0 Å². The Kier molecular flexibility index (Phi) is 4.16. The minimum atomic E-state index is 0.314. The molecule has 0 aromatic carbocycles. The van der Waals surface area contributed by atoms with E-state index in [-0.39, 0.29) is 0 Å². The zero-order chi connectivity index (χ0) is 9.73. The molecule has 1 saturated heterocycles. The molecule has 1 heterocycles. The Morgan fingerprint density at radius 1 is 1.31 bits per heavy atom. The van der Waals surface area contributed by atoms with E-state index in [1.165, 1.54) is 0 Å². The fourth-order valence-corrected chi connectivity index (χ4v) is 1.58. The molecule has 13 heavy (non-hydrogen) atoms. The van der Waals surface area contributed by atoms with E-state index in [4.69, 9.17) is 4.74 Å². The summed E-state index contributed by atoms with van der Waals surface area (Å²) in [6.45, 7) is 6.29. The van der Waals surface area contributed by atoms with Crippen LogP contribution in [0.1, 0.15) is 19.8 Å². The van der Waals surface area contributed by atoms with Gasteiger partial charge in [-0.25, -0.2) is 0 Å². The van der Waals surface area contributed by atoms with Crippen LogP contribution in [0.2, 0.25) is 0 Å². The highest BCUT2D eigenvalue weighted by Crippen LogP contribution is 2.18. The van der Waals surface area contributed by atoms with Crippen LogP contribution in [0.4, 0.5) is 0 Å². The van der Waals surface area contributed by atoms with E-state index in [1.807, 2.05) is 0 Å². The molecule has 0 bridgehead atoms. The second kappa shape index (κ2) is 4.94. The molecule has 0 unspecified atom stereocenters. The van der Waals surface area contributed by atoms with Crippen LogP contribution in [0.25, 0.3) is 0 Å². The summed E-state index contributed by atoms with van der Waals surface area (Å²) >= 11 is 0. The van der Waals surface area contributed by atoms with Crippen molar-refractivity contribution in [3.63, 3.8) is 0 Å². The van der Waals surface area contributed by atoms with Crippen LogP contribution < -0.4 is 5.32 Å². The first-order chi connectivity index (χ1) is 6.12. The summed E-state index contributed by atoms with van der Waals surface area (Å²) in [6.07, 6.45) is 2.28.